The molecule has 8 heteroatoms. The summed E-state index contributed by atoms with van der Waals surface area (Å²) < 4.78 is 7.24. The van der Waals surface area contributed by atoms with E-state index in [1.165, 1.54) is 0 Å². The van der Waals surface area contributed by atoms with Crippen LogP contribution in [0.25, 0.3) is 0 Å². The molecular weight excluding hydrogens is 315 g/mol. The van der Waals surface area contributed by atoms with Crippen molar-refractivity contribution >= 4 is 30.7 Å². The summed E-state index contributed by atoms with van der Waals surface area (Å²) in [6, 6.07) is 0. The Kier molecular flexibility index (Phi) is 6.93. The second-order valence-electron chi connectivity index (χ2n) is 5.27. The fourth-order valence-corrected chi connectivity index (χ4v) is 2.89. The molecule has 2 aliphatic heterocycles. The SMILES string of the molecule is Cl.Cl.Cn1cnc([C@@H]2CNC[C@H]2C(=O)N2CCOCC2)c1. The zero-order chi connectivity index (χ0) is 13.2. The zero-order valence-corrected chi connectivity index (χ0v) is 13.7. The molecule has 2 atom stereocenters. The Morgan fingerprint density at radius 2 is 2.05 bits per heavy atom. The van der Waals surface area contributed by atoms with Crippen LogP contribution >= 0.6 is 24.8 Å². The number of aryl methyl sites for hydroxylation is 1. The molecule has 0 aromatic carbocycles. The number of nitrogens with one attached hydrogen (secondary N) is 1. The van der Waals surface area contributed by atoms with E-state index in [-0.39, 0.29) is 42.6 Å². The van der Waals surface area contributed by atoms with Crippen LogP contribution in [0.15, 0.2) is 12.5 Å². The first kappa shape index (κ1) is 18.2. The lowest BCUT2D eigenvalue weighted by molar-refractivity contribution is -0.139. The van der Waals surface area contributed by atoms with Crippen LogP contribution in [0.5, 0.6) is 0 Å². The second kappa shape index (κ2) is 7.98. The number of carbonyl (C=O) groups excluding carboxylic acids is 1. The van der Waals surface area contributed by atoms with E-state index in [0.717, 1.165) is 18.8 Å². The first-order valence-corrected chi connectivity index (χ1v) is 6.81. The number of ether oxygens (including phenoxy) is 1. The van der Waals surface area contributed by atoms with E-state index in [1.807, 2.05) is 22.7 Å². The molecule has 1 N–H and O–H groups in total. The molecule has 6 nitrogen and oxygen atoms in total. The minimum atomic E-state index is 0. The largest absolute Gasteiger partial charge is 0.378 e. The highest BCUT2D eigenvalue weighted by Gasteiger charge is 2.37. The van der Waals surface area contributed by atoms with Crippen LogP contribution in [-0.4, -0.2) is 59.8 Å². The van der Waals surface area contributed by atoms with E-state index in [0.29, 0.717) is 26.3 Å². The van der Waals surface area contributed by atoms with Gasteiger partial charge in [-0.3, -0.25) is 4.79 Å². The maximum Gasteiger partial charge on any atom is 0.227 e. The standard InChI is InChI=1S/C13H20N4O2.2ClH/c1-16-8-12(15-9-16)10-6-14-7-11(10)13(18)17-2-4-19-5-3-17;;/h8-11,14H,2-7H2,1H3;2*1H/t10-,11-;;/m1../s1. The third kappa shape index (κ3) is 3.88. The van der Waals surface area contributed by atoms with Crippen molar-refractivity contribution in [2.75, 3.05) is 39.4 Å². The smallest absolute Gasteiger partial charge is 0.227 e. The molecule has 2 saturated heterocycles. The first-order chi connectivity index (χ1) is 9.25. The van der Waals surface area contributed by atoms with Gasteiger partial charge >= 0.3 is 0 Å². The number of hydrogen-bond donors (Lipinski definition) is 1. The van der Waals surface area contributed by atoms with Gasteiger partial charge < -0.3 is 19.5 Å². The highest BCUT2D eigenvalue weighted by Crippen LogP contribution is 2.28. The van der Waals surface area contributed by atoms with Gasteiger partial charge in [0.1, 0.15) is 0 Å². The van der Waals surface area contributed by atoms with Gasteiger partial charge in [0.25, 0.3) is 0 Å². The van der Waals surface area contributed by atoms with Crippen LogP contribution in [0.4, 0.5) is 0 Å². The maximum atomic E-state index is 12.6. The molecule has 1 aromatic rings. The van der Waals surface area contributed by atoms with E-state index in [4.69, 9.17) is 4.74 Å². The van der Waals surface area contributed by atoms with Crippen molar-refractivity contribution in [1.82, 2.24) is 19.8 Å². The molecular formula is C13H22Cl2N4O2. The Balaban J connectivity index is 0.00000110. The molecule has 3 rings (SSSR count). The average molecular weight is 337 g/mol. The van der Waals surface area contributed by atoms with Gasteiger partial charge in [-0.05, 0) is 0 Å². The fraction of sp³-hybridized carbons (Fsp3) is 0.692. The number of imidazole rings is 1. The molecule has 0 spiro atoms. The molecule has 0 unspecified atom stereocenters. The van der Waals surface area contributed by atoms with E-state index >= 15 is 0 Å². The van der Waals surface area contributed by atoms with Crippen LogP contribution in [0.1, 0.15) is 11.6 Å². The van der Waals surface area contributed by atoms with Crippen molar-refractivity contribution in [3.8, 4) is 0 Å². The summed E-state index contributed by atoms with van der Waals surface area (Å²) in [5, 5.41) is 3.32. The Bertz CT molecular complexity index is 463. The summed E-state index contributed by atoms with van der Waals surface area (Å²) in [5.74, 6) is 0.438. The molecule has 1 aromatic heterocycles. The molecule has 1 amide bonds. The van der Waals surface area contributed by atoms with Gasteiger partial charge in [0.15, 0.2) is 0 Å². The molecule has 120 valence electrons. The summed E-state index contributed by atoms with van der Waals surface area (Å²) >= 11 is 0. The van der Waals surface area contributed by atoms with Crippen molar-refractivity contribution in [3.63, 3.8) is 0 Å². The van der Waals surface area contributed by atoms with Gasteiger partial charge in [-0.1, -0.05) is 0 Å². The van der Waals surface area contributed by atoms with Crippen LogP contribution in [-0.2, 0) is 16.6 Å². The minimum absolute atomic E-state index is 0. The van der Waals surface area contributed by atoms with Crippen molar-refractivity contribution in [3.05, 3.63) is 18.2 Å². The Hall–Kier alpha value is -0.820. The van der Waals surface area contributed by atoms with Crippen LogP contribution in [0.3, 0.4) is 0 Å². The van der Waals surface area contributed by atoms with Gasteiger partial charge in [0.05, 0.1) is 31.2 Å². The van der Waals surface area contributed by atoms with Gasteiger partial charge in [0, 0.05) is 45.3 Å². The average Bonchev–Trinajstić information content (AvgIpc) is 3.07. The van der Waals surface area contributed by atoms with Crippen molar-refractivity contribution in [1.29, 1.82) is 0 Å². The monoisotopic (exact) mass is 336 g/mol. The quantitative estimate of drug-likeness (QED) is 0.850. The van der Waals surface area contributed by atoms with Crippen molar-refractivity contribution < 1.29 is 9.53 Å². The highest BCUT2D eigenvalue weighted by atomic mass is 35.5. The lowest BCUT2D eigenvalue weighted by atomic mass is 9.92. The molecule has 2 fully saturated rings. The third-order valence-electron chi connectivity index (χ3n) is 3.96. The number of carbonyl (C=O) groups is 1. The molecule has 0 saturated carbocycles. The van der Waals surface area contributed by atoms with E-state index in [9.17, 15) is 4.79 Å². The summed E-state index contributed by atoms with van der Waals surface area (Å²) in [5.41, 5.74) is 1.01. The van der Waals surface area contributed by atoms with E-state index in [1.54, 1.807) is 6.33 Å². The summed E-state index contributed by atoms with van der Waals surface area (Å²) in [6.45, 7) is 4.31. The molecule has 0 radical (unpaired) electrons. The summed E-state index contributed by atoms with van der Waals surface area (Å²) in [6.07, 6.45) is 3.81. The topological polar surface area (TPSA) is 59.4 Å². The molecule has 2 aliphatic rings. The Morgan fingerprint density at radius 1 is 1.33 bits per heavy atom. The van der Waals surface area contributed by atoms with Crippen molar-refractivity contribution in [2.24, 2.45) is 13.0 Å². The van der Waals surface area contributed by atoms with Gasteiger partial charge in [-0.15, -0.1) is 24.8 Å². The fourth-order valence-electron chi connectivity index (χ4n) is 2.89. The molecule has 3 heterocycles. The predicted molar refractivity (Wildman–Crippen MR) is 84.2 cm³/mol. The molecule has 21 heavy (non-hydrogen) atoms. The van der Waals surface area contributed by atoms with Crippen LogP contribution < -0.4 is 5.32 Å². The van der Waals surface area contributed by atoms with Gasteiger partial charge in [-0.25, -0.2) is 4.98 Å². The second-order valence-corrected chi connectivity index (χ2v) is 5.27. The first-order valence-electron chi connectivity index (χ1n) is 6.81. The number of halogens is 2. The highest BCUT2D eigenvalue weighted by molar-refractivity contribution is 5.85. The predicted octanol–water partition coefficient (Wildman–Crippen LogP) is 0.425. The third-order valence-corrected chi connectivity index (χ3v) is 3.96. The van der Waals surface area contributed by atoms with E-state index in [2.05, 4.69) is 10.3 Å². The van der Waals surface area contributed by atoms with Gasteiger partial charge in [-0.2, -0.15) is 0 Å². The minimum Gasteiger partial charge on any atom is -0.378 e. The lowest BCUT2D eigenvalue weighted by Gasteiger charge is -2.30. The zero-order valence-electron chi connectivity index (χ0n) is 12.0. The normalized spacial score (nSPS) is 25.1. The number of rotatable bonds is 2. The maximum absolute atomic E-state index is 12.6. The lowest BCUT2D eigenvalue weighted by Crippen LogP contribution is -2.45. The summed E-state index contributed by atoms with van der Waals surface area (Å²) in [4.78, 5) is 18.9. The van der Waals surface area contributed by atoms with Crippen LogP contribution in [0.2, 0.25) is 0 Å². The number of hydrogen-bond acceptors (Lipinski definition) is 4. The number of aromatic nitrogens is 2. The Labute approximate surface area is 137 Å². The molecule has 0 aliphatic carbocycles. The van der Waals surface area contributed by atoms with E-state index < -0.39 is 0 Å². The number of nitrogens with zero attached hydrogens (tertiary/aromatic N) is 3. The van der Waals surface area contributed by atoms with Gasteiger partial charge in [0.2, 0.25) is 5.91 Å². The van der Waals surface area contributed by atoms with Crippen molar-refractivity contribution in [2.45, 2.75) is 5.92 Å². The molecule has 0 bridgehead atoms. The summed E-state index contributed by atoms with van der Waals surface area (Å²) in [7, 11) is 1.96. The number of morpholine rings is 1. The van der Waals surface area contributed by atoms with Crippen LogP contribution in [0, 0.1) is 5.92 Å². The number of amides is 1. The Morgan fingerprint density at radius 3 is 2.67 bits per heavy atom.